The zero-order valence-corrected chi connectivity index (χ0v) is 19.3. The molecule has 3 rings (SSSR count). The summed E-state index contributed by atoms with van der Waals surface area (Å²) in [5, 5.41) is 13.9. The standard InChI is InChI=1S/C21H22ClN3O7S/c1-2-31-20(27)10-19-24(12-18(26)23-11-14-4-3-7-32-14)21(28)17(33-19)9-13-5-6-15(22)16(8-13)25(29)30/h5-6,8-10,14H,2-4,7,11-12H2,1H3,(H,23,26)/b17-9+,19-10-/t14-/m1/s1. The van der Waals surface area contributed by atoms with Crippen molar-refractivity contribution in [3.63, 3.8) is 0 Å². The topological polar surface area (TPSA) is 130 Å². The fraction of sp³-hybridized carbons (Fsp3) is 0.381. The van der Waals surface area contributed by atoms with Crippen molar-refractivity contribution in [3.05, 3.63) is 58.4 Å². The number of thiazole rings is 1. The Morgan fingerprint density at radius 1 is 1.45 bits per heavy atom. The van der Waals surface area contributed by atoms with Gasteiger partial charge in [-0.15, -0.1) is 11.3 Å². The summed E-state index contributed by atoms with van der Waals surface area (Å²) in [6.45, 7) is 2.49. The number of esters is 1. The molecule has 1 atom stereocenters. The second-order valence-electron chi connectivity index (χ2n) is 7.14. The number of benzene rings is 1. The zero-order valence-electron chi connectivity index (χ0n) is 17.7. The van der Waals surface area contributed by atoms with E-state index in [2.05, 4.69) is 5.32 Å². The Morgan fingerprint density at radius 3 is 2.91 bits per heavy atom. The van der Waals surface area contributed by atoms with Crippen LogP contribution in [0.5, 0.6) is 0 Å². The third-order valence-corrected chi connectivity index (χ3v) is 6.16. The maximum Gasteiger partial charge on any atom is 0.333 e. The van der Waals surface area contributed by atoms with Gasteiger partial charge in [-0.2, -0.15) is 0 Å². The van der Waals surface area contributed by atoms with E-state index in [1.807, 2.05) is 0 Å². The summed E-state index contributed by atoms with van der Waals surface area (Å²) in [6, 6.07) is 4.14. The van der Waals surface area contributed by atoms with Crippen molar-refractivity contribution in [2.45, 2.75) is 32.4 Å². The molecule has 2 aromatic rings. The number of hydrogen-bond acceptors (Lipinski definition) is 8. The molecule has 0 aliphatic carbocycles. The van der Waals surface area contributed by atoms with Crippen LogP contribution in [0, 0.1) is 10.1 Å². The van der Waals surface area contributed by atoms with Gasteiger partial charge in [0.05, 0.1) is 28.2 Å². The number of rotatable bonds is 8. The summed E-state index contributed by atoms with van der Waals surface area (Å²) in [7, 11) is 0. The van der Waals surface area contributed by atoms with Crippen molar-refractivity contribution in [2.24, 2.45) is 0 Å². The predicted octanol–water partition coefficient (Wildman–Crippen LogP) is 0.939. The minimum Gasteiger partial charge on any atom is -0.463 e. The molecule has 0 unspecified atom stereocenters. The molecule has 0 bridgehead atoms. The molecular weight excluding hydrogens is 474 g/mol. The van der Waals surface area contributed by atoms with Crippen molar-refractivity contribution >= 4 is 52.7 Å². The van der Waals surface area contributed by atoms with Gasteiger partial charge in [-0.3, -0.25) is 24.3 Å². The predicted molar refractivity (Wildman–Crippen MR) is 123 cm³/mol. The fourth-order valence-corrected chi connectivity index (χ4v) is 4.44. The van der Waals surface area contributed by atoms with Crippen LogP contribution in [0.4, 0.5) is 5.69 Å². The van der Waals surface area contributed by atoms with Crippen LogP contribution in [0.3, 0.4) is 0 Å². The van der Waals surface area contributed by atoms with Crippen LogP contribution in [0.25, 0.3) is 12.2 Å². The SMILES string of the molecule is CCOC(=O)/C=c1\s/c(=C/c2ccc(Cl)c([N+](=O)[O-])c2)c(=O)n1CC(=O)NC[C@H]1CCCO1. The van der Waals surface area contributed by atoms with Crippen LogP contribution in [0.2, 0.25) is 5.02 Å². The highest BCUT2D eigenvalue weighted by molar-refractivity contribution is 7.07. The lowest BCUT2D eigenvalue weighted by Gasteiger charge is -2.10. The summed E-state index contributed by atoms with van der Waals surface area (Å²) in [5.41, 5.74) is -0.434. The molecule has 1 aromatic carbocycles. The number of aromatic nitrogens is 1. The molecule has 2 heterocycles. The lowest BCUT2D eigenvalue weighted by atomic mass is 10.2. The first kappa shape index (κ1) is 24.6. The average Bonchev–Trinajstić information content (AvgIpc) is 3.38. The van der Waals surface area contributed by atoms with E-state index in [1.54, 1.807) is 6.92 Å². The van der Waals surface area contributed by atoms with Crippen molar-refractivity contribution in [3.8, 4) is 0 Å². The molecule has 33 heavy (non-hydrogen) atoms. The second-order valence-corrected chi connectivity index (χ2v) is 8.61. The average molecular weight is 496 g/mol. The van der Waals surface area contributed by atoms with Gasteiger partial charge in [-0.25, -0.2) is 4.79 Å². The summed E-state index contributed by atoms with van der Waals surface area (Å²) in [5.74, 6) is -1.06. The van der Waals surface area contributed by atoms with Gasteiger partial charge in [0.1, 0.15) is 16.2 Å². The first-order valence-electron chi connectivity index (χ1n) is 10.2. The molecule has 1 amide bonds. The Bertz CT molecular complexity index is 1230. The fourth-order valence-electron chi connectivity index (χ4n) is 3.22. The number of nitro benzene ring substituents is 1. The normalized spacial score (nSPS) is 16.7. The third-order valence-electron chi connectivity index (χ3n) is 4.78. The Balaban J connectivity index is 1.96. The van der Waals surface area contributed by atoms with Crippen molar-refractivity contribution in [2.75, 3.05) is 19.8 Å². The highest BCUT2D eigenvalue weighted by Gasteiger charge is 2.17. The van der Waals surface area contributed by atoms with Gasteiger partial charge in [0.15, 0.2) is 0 Å². The zero-order chi connectivity index (χ0) is 24.0. The Kier molecular flexibility index (Phi) is 8.37. The smallest absolute Gasteiger partial charge is 0.333 e. The van der Waals surface area contributed by atoms with Gasteiger partial charge in [-0.05, 0) is 37.5 Å². The minimum atomic E-state index is -0.652. The number of nitrogens with one attached hydrogen (secondary N) is 1. The van der Waals surface area contributed by atoms with E-state index >= 15 is 0 Å². The lowest BCUT2D eigenvalue weighted by Crippen LogP contribution is -2.40. The molecule has 10 nitrogen and oxygen atoms in total. The quantitative estimate of drug-likeness (QED) is 0.327. The summed E-state index contributed by atoms with van der Waals surface area (Å²) in [4.78, 5) is 48.0. The lowest BCUT2D eigenvalue weighted by molar-refractivity contribution is -0.384. The molecule has 0 radical (unpaired) electrons. The molecule has 1 fully saturated rings. The Morgan fingerprint density at radius 2 is 2.24 bits per heavy atom. The van der Waals surface area contributed by atoms with Gasteiger partial charge in [0, 0.05) is 19.2 Å². The number of nitrogens with zero attached hydrogens (tertiary/aromatic N) is 2. The van der Waals surface area contributed by atoms with E-state index in [0.29, 0.717) is 18.7 Å². The number of carbonyl (C=O) groups is 2. The largest absolute Gasteiger partial charge is 0.463 e. The number of nitro groups is 1. The Hall–Kier alpha value is -3.02. The number of hydrogen-bond donors (Lipinski definition) is 1. The molecule has 176 valence electrons. The molecule has 0 saturated carbocycles. The maximum atomic E-state index is 13.0. The highest BCUT2D eigenvalue weighted by atomic mass is 35.5. The molecule has 1 saturated heterocycles. The Labute approximate surface area is 197 Å². The van der Waals surface area contributed by atoms with Crippen LogP contribution in [0.15, 0.2) is 23.0 Å². The van der Waals surface area contributed by atoms with E-state index in [-0.39, 0.29) is 39.2 Å². The molecular formula is C21H22ClN3O7S. The van der Waals surface area contributed by atoms with E-state index in [4.69, 9.17) is 21.1 Å². The van der Waals surface area contributed by atoms with Gasteiger partial charge in [-0.1, -0.05) is 17.7 Å². The van der Waals surface area contributed by atoms with Crippen LogP contribution in [-0.2, 0) is 25.6 Å². The first-order valence-corrected chi connectivity index (χ1v) is 11.4. The van der Waals surface area contributed by atoms with E-state index < -0.39 is 22.4 Å². The monoisotopic (exact) mass is 495 g/mol. The number of amides is 1. The van der Waals surface area contributed by atoms with Crippen molar-refractivity contribution in [1.29, 1.82) is 0 Å². The van der Waals surface area contributed by atoms with Crippen molar-refractivity contribution < 1.29 is 24.0 Å². The molecule has 1 aliphatic heterocycles. The molecule has 1 aliphatic rings. The van der Waals surface area contributed by atoms with Gasteiger partial charge >= 0.3 is 5.97 Å². The van der Waals surface area contributed by atoms with E-state index in [0.717, 1.165) is 30.3 Å². The minimum absolute atomic E-state index is 0.0278. The van der Waals surface area contributed by atoms with Gasteiger partial charge in [0.25, 0.3) is 11.2 Å². The van der Waals surface area contributed by atoms with Gasteiger partial charge < -0.3 is 14.8 Å². The van der Waals surface area contributed by atoms with Gasteiger partial charge in [0.2, 0.25) is 5.91 Å². The molecule has 12 heteroatoms. The second kappa shape index (κ2) is 11.2. The van der Waals surface area contributed by atoms with Crippen LogP contribution < -0.4 is 20.1 Å². The number of ether oxygens (including phenoxy) is 2. The van der Waals surface area contributed by atoms with E-state index in [1.165, 1.54) is 28.8 Å². The van der Waals surface area contributed by atoms with Crippen LogP contribution >= 0.6 is 22.9 Å². The number of carbonyl (C=O) groups excluding carboxylic acids is 2. The van der Waals surface area contributed by atoms with Crippen LogP contribution in [-0.4, -0.2) is 47.2 Å². The molecule has 1 N–H and O–H groups in total. The summed E-state index contributed by atoms with van der Waals surface area (Å²) in [6.07, 6.45) is 4.32. The molecule has 0 spiro atoms. The summed E-state index contributed by atoms with van der Waals surface area (Å²) < 4.78 is 12.0. The highest BCUT2D eigenvalue weighted by Crippen LogP contribution is 2.25. The third kappa shape index (κ3) is 6.50. The first-order chi connectivity index (χ1) is 15.8. The molecule has 1 aromatic heterocycles. The van der Waals surface area contributed by atoms with Crippen molar-refractivity contribution in [1.82, 2.24) is 9.88 Å². The number of halogens is 1. The van der Waals surface area contributed by atoms with E-state index in [9.17, 15) is 24.5 Å². The summed E-state index contributed by atoms with van der Waals surface area (Å²) >= 11 is 6.82. The van der Waals surface area contributed by atoms with Crippen LogP contribution in [0.1, 0.15) is 25.3 Å². The maximum absolute atomic E-state index is 13.0.